The van der Waals surface area contributed by atoms with Gasteiger partial charge in [0.2, 0.25) is 0 Å². The van der Waals surface area contributed by atoms with Crippen molar-refractivity contribution in [2.24, 2.45) is 5.73 Å². The Morgan fingerprint density at radius 3 is 3.08 bits per heavy atom. The monoisotopic (exact) mass is 222 g/mol. The normalized spacial score (nSPS) is 10.5. The van der Waals surface area contributed by atoms with E-state index in [-0.39, 0.29) is 0 Å². The Morgan fingerprint density at radius 2 is 2.50 bits per heavy atom. The predicted octanol–water partition coefficient (Wildman–Crippen LogP) is 2.38. The molecule has 0 bridgehead atoms. The van der Waals surface area contributed by atoms with E-state index >= 15 is 0 Å². The van der Waals surface area contributed by atoms with Crippen molar-refractivity contribution in [3.63, 3.8) is 0 Å². The molecule has 0 atom stereocenters. The third kappa shape index (κ3) is 3.76. The Hall–Kier alpha value is 0.230. The Morgan fingerprint density at radius 1 is 1.67 bits per heavy atom. The molecule has 0 radical (unpaired) electrons. The zero-order chi connectivity index (χ0) is 8.81. The van der Waals surface area contributed by atoms with E-state index in [0.717, 1.165) is 24.5 Å². The van der Waals surface area contributed by atoms with Crippen LogP contribution in [0.5, 0.6) is 0 Å². The van der Waals surface area contributed by atoms with E-state index in [9.17, 15) is 0 Å². The molecule has 2 nitrogen and oxygen atoms in total. The van der Waals surface area contributed by atoms with Crippen molar-refractivity contribution in [1.82, 2.24) is 4.98 Å². The number of halogens is 1. The minimum Gasteiger partial charge on any atom is -0.330 e. The van der Waals surface area contributed by atoms with Gasteiger partial charge in [0, 0.05) is 16.8 Å². The number of hydrogen-bond acceptors (Lipinski definition) is 4. The number of aromatic nitrogens is 1. The lowest BCUT2D eigenvalue weighted by molar-refractivity contribution is 0.943. The van der Waals surface area contributed by atoms with E-state index in [1.54, 1.807) is 11.3 Å². The first-order valence-corrected chi connectivity index (χ1v) is 6.06. The van der Waals surface area contributed by atoms with Crippen LogP contribution < -0.4 is 5.73 Å². The van der Waals surface area contributed by atoms with Crippen molar-refractivity contribution >= 4 is 34.7 Å². The SMILES string of the molecule is NCCCSCc1cnc(Cl)s1. The van der Waals surface area contributed by atoms with E-state index in [2.05, 4.69) is 4.98 Å². The Kier molecular flexibility index (Phi) is 4.99. The molecule has 0 aromatic carbocycles. The Labute approximate surface area is 85.5 Å². The molecule has 1 aromatic heterocycles. The molecule has 68 valence electrons. The molecule has 0 fully saturated rings. The fraction of sp³-hybridized carbons (Fsp3) is 0.571. The summed E-state index contributed by atoms with van der Waals surface area (Å²) in [5.74, 6) is 2.12. The Bertz CT molecular complexity index is 227. The minimum absolute atomic E-state index is 0.629. The Balaban J connectivity index is 2.15. The predicted molar refractivity (Wildman–Crippen MR) is 57.0 cm³/mol. The molecular weight excluding hydrogens is 212 g/mol. The third-order valence-corrected chi connectivity index (χ3v) is 3.65. The first kappa shape index (κ1) is 10.3. The number of nitrogens with zero attached hydrogens (tertiary/aromatic N) is 1. The maximum Gasteiger partial charge on any atom is 0.183 e. The summed E-state index contributed by atoms with van der Waals surface area (Å²) in [6.45, 7) is 0.774. The van der Waals surface area contributed by atoms with Gasteiger partial charge in [0.15, 0.2) is 4.47 Å². The van der Waals surface area contributed by atoms with Crippen LogP contribution in [0.1, 0.15) is 11.3 Å². The van der Waals surface area contributed by atoms with Gasteiger partial charge < -0.3 is 5.73 Å². The van der Waals surface area contributed by atoms with Gasteiger partial charge in [-0.2, -0.15) is 11.8 Å². The van der Waals surface area contributed by atoms with E-state index < -0.39 is 0 Å². The van der Waals surface area contributed by atoms with Crippen LogP contribution in [0.15, 0.2) is 6.20 Å². The average Bonchev–Trinajstić information content (AvgIpc) is 2.45. The minimum atomic E-state index is 0.629. The number of hydrogen-bond donors (Lipinski definition) is 1. The first-order valence-electron chi connectivity index (χ1n) is 3.71. The molecule has 5 heteroatoms. The van der Waals surface area contributed by atoms with Gasteiger partial charge in [-0.1, -0.05) is 11.6 Å². The van der Waals surface area contributed by atoms with E-state index in [1.807, 2.05) is 18.0 Å². The van der Waals surface area contributed by atoms with Crippen LogP contribution in [0, 0.1) is 0 Å². The third-order valence-electron chi connectivity index (χ3n) is 1.26. The number of thiazole rings is 1. The maximum atomic E-state index is 5.68. The van der Waals surface area contributed by atoms with Gasteiger partial charge in [-0.25, -0.2) is 4.98 Å². The average molecular weight is 223 g/mol. The van der Waals surface area contributed by atoms with Crippen molar-refractivity contribution in [2.75, 3.05) is 12.3 Å². The lowest BCUT2D eigenvalue weighted by Crippen LogP contribution is -1.99. The summed E-state index contributed by atoms with van der Waals surface area (Å²) in [7, 11) is 0. The van der Waals surface area contributed by atoms with E-state index in [1.165, 1.54) is 4.88 Å². The van der Waals surface area contributed by atoms with Crippen LogP contribution >= 0.6 is 34.7 Å². The summed E-state index contributed by atoms with van der Waals surface area (Å²) in [4.78, 5) is 5.20. The molecule has 1 heterocycles. The summed E-state index contributed by atoms with van der Waals surface area (Å²) in [6.07, 6.45) is 2.92. The van der Waals surface area contributed by atoms with Crippen LogP contribution in [-0.2, 0) is 5.75 Å². The van der Waals surface area contributed by atoms with Crippen molar-refractivity contribution in [3.8, 4) is 0 Å². The van der Waals surface area contributed by atoms with Gasteiger partial charge in [0.25, 0.3) is 0 Å². The smallest absolute Gasteiger partial charge is 0.183 e. The molecule has 1 rings (SSSR count). The second-order valence-electron chi connectivity index (χ2n) is 2.27. The van der Waals surface area contributed by atoms with Crippen LogP contribution in [0.2, 0.25) is 4.47 Å². The van der Waals surface area contributed by atoms with E-state index in [0.29, 0.717) is 4.47 Å². The number of rotatable bonds is 5. The lowest BCUT2D eigenvalue weighted by Gasteiger charge is -1.95. The topological polar surface area (TPSA) is 38.9 Å². The zero-order valence-electron chi connectivity index (χ0n) is 6.62. The summed E-state index contributed by atoms with van der Waals surface area (Å²) >= 11 is 9.10. The maximum absolute atomic E-state index is 5.68. The standard InChI is InChI=1S/C7H11ClN2S2/c8-7-10-4-6(12-7)5-11-3-1-2-9/h4H,1-3,5,9H2. The summed E-state index contributed by atoms with van der Waals surface area (Å²) < 4.78 is 0.629. The number of nitrogens with two attached hydrogens (primary N) is 1. The molecule has 0 unspecified atom stereocenters. The molecule has 0 saturated carbocycles. The fourth-order valence-electron chi connectivity index (χ4n) is 0.709. The van der Waals surface area contributed by atoms with Crippen LogP contribution in [-0.4, -0.2) is 17.3 Å². The molecule has 0 amide bonds. The first-order chi connectivity index (χ1) is 5.83. The quantitative estimate of drug-likeness (QED) is 0.778. The molecule has 0 saturated heterocycles. The molecule has 2 N–H and O–H groups in total. The highest BCUT2D eigenvalue weighted by molar-refractivity contribution is 7.98. The molecule has 0 spiro atoms. The highest BCUT2D eigenvalue weighted by Gasteiger charge is 1.98. The lowest BCUT2D eigenvalue weighted by atomic mass is 10.5. The van der Waals surface area contributed by atoms with Crippen molar-refractivity contribution in [1.29, 1.82) is 0 Å². The molecule has 0 aliphatic carbocycles. The van der Waals surface area contributed by atoms with Gasteiger partial charge in [0.05, 0.1) is 0 Å². The van der Waals surface area contributed by atoms with Gasteiger partial charge in [-0.15, -0.1) is 11.3 Å². The van der Waals surface area contributed by atoms with Crippen LogP contribution in [0.3, 0.4) is 0 Å². The van der Waals surface area contributed by atoms with Gasteiger partial charge >= 0.3 is 0 Å². The highest BCUT2D eigenvalue weighted by atomic mass is 35.5. The van der Waals surface area contributed by atoms with Gasteiger partial charge in [0.1, 0.15) is 0 Å². The summed E-state index contributed by atoms with van der Waals surface area (Å²) in [6, 6.07) is 0. The molecule has 1 aromatic rings. The van der Waals surface area contributed by atoms with Crippen molar-refractivity contribution in [2.45, 2.75) is 12.2 Å². The van der Waals surface area contributed by atoms with Crippen molar-refractivity contribution < 1.29 is 0 Å². The molecule has 0 aliphatic rings. The van der Waals surface area contributed by atoms with Crippen molar-refractivity contribution in [3.05, 3.63) is 15.5 Å². The second kappa shape index (κ2) is 5.80. The van der Waals surface area contributed by atoms with Gasteiger partial charge in [-0.05, 0) is 18.7 Å². The summed E-state index contributed by atoms with van der Waals surface area (Å²) in [5.41, 5.74) is 5.37. The highest BCUT2D eigenvalue weighted by Crippen LogP contribution is 2.22. The van der Waals surface area contributed by atoms with Gasteiger partial charge in [-0.3, -0.25) is 0 Å². The molecular formula is C7H11ClN2S2. The second-order valence-corrected chi connectivity index (χ2v) is 5.08. The molecule has 12 heavy (non-hydrogen) atoms. The van der Waals surface area contributed by atoms with Crippen LogP contribution in [0.4, 0.5) is 0 Å². The zero-order valence-corrected chi connectivity index (χ0v) is 9.01. The van der Waals surface area contributed by atoms with E-state index in [4.69, 9.17) is 17.3 Å². The largest absolute Gasteiger partial charge is 0.330 e. The summed E-state index contributed by atoms with van der Waals surface area (Å²) in [5, 5.41) is 0. The number of thioether (sulfide) groups is 1. The fourth-order valence-corrected chi connectivity index (χ4v) is 2.76. The molecule has 0 aliphatic heterocycles. The van der Waals surface area contributed by atoms with Crippen LogP contribution in [0.25, 0.3) is 0 Å².